The highest BCUT2D eigenvalue weighted by Gasteiger charge is 2.14. The molecule has 1 aromatic heterocycles. The van der Waals surface area contributed by atoms with Crippen LogP contribution in [0.2, 0.25) is 0 Å². The highest BCUT2D eigenvalue weighted by molar-refractivity contribution is 9.10. The highest BCUT2D eigenvalue weighted by atomic mass is 79.9. The van der Waals surface area contributed by atoms with Crippen LogP contribution in [0.25, 0.3) is 5.57 Å². The number of anilines is 1. The number of hydrogen-bond donors (Lipinski definition) is 0. The molecule has 3 aromatic rings. The molecule has 0 bridgehead atoms. The van der Waals surface area contributed by atoms with Gasteiger partial charge in [-0.05, 0) is 44.8 Å². The Morgan fingerprint density at radius 1 is 0.917 bits per heavy atom. The molecule has 0 aliphatic rings. The maximum absolute atomic E-state index is 4.56. The van der Waals surface area contributed by atoms with Crippen molar-refractivity contribution in [3.8, 4) is 0 Å². The van der Waals surface area contributed by atoms with Gasteiger partial charge in [0.15, 0.2) is 0 Å². The van der Waals surface area contributed by atoms with Crippen molar-refractivity contribution < 1.29 is 0 Å². The molecule has 0 fully saturated rings. The summed E-state index contributed by atoms with van der Waals surface area (Å²) in [5.41, 5.74) is 3.47. The lowest BCUT2D eigenvalue weighted by molar-refractivity contribution is 0.850. The van der Waals surface area contributed by atoms with Gasteiger partial charge in [-0.3, -0.25) is 0 Å². The van der Waals surface area contributed by atoms with Crippen molar-refractivity contribution in [2.75, 3.05) is 11.4 Å². The van der Waals surface area contributed by atoms with E-state index in [1.165, 1.54) is 5.56 Å². The van der Waals surface area contributed by atoms with Crippen LogP contribution in [0.1, 0.15) is 11.1 Å². The van der Waals surface area contributed by atoms with Crippen LogP contribution in [0.3, 0.4) is 0 Å². The zero-order valence-electron chi connectivity index (χ0n) is 13.4. The summed E-state index contributed by atoms with van der Waals surface area (Å²) in [7, 11) is 0. The molecule has 0 amide bonds. The van der Waals surface area contributed by atoms with Crippen LogP contribution in [-0.4, -0.2) is 11.5 Å². The first-order valence-corrected chi connectivity index (χ1v) is 8.66. The molecule has 0 atom stereocenters. The molecule has 1 heterocycles. The third kappa shape index (κ3) is 4.12. The van der Waals surface area contributed by atoms with Crippen molar-refractivity contribution in [2.24, 2.45) is 0 Å². The van der Waals surface area contributed by atoms with Gasteiger partial charge in [-0.15, -0.1) is 0 Å². The predicted molar refractivity (Wildman–Crippen MR) is 105 cm³/mol. The molecule has 0 saturated heterocycles. The third-order valence-corrected chi connectivity index (χ3v) is 4.44. The van der Waals surface area contributed by atoms with Gasteiger partial charge in [-0.25, -0.2) is 4.98 Å². The number of aromatic nitrogens is 1. The SMILES string of the molecule is C=C(CN(Cc1ccccc1)c1ncccc1Br)c1ccccc1. The maximum atomic E-state index is 4.56. The Morgan fingerprint density at radius 2 is 1.58 bits per heavy atom. The van der Waals surface area contributed by atoms with E-state index in [0.717, 1.165) is 28.0 Å². The molecule has 24 heavy (non-hydrogen) atoms. The molecule has 0 aliphatic carbocycles. The van der Waals surface area contributed by atoms with Crippen LogP contribution in [-0.2, 0) is 6.54 Å². The van der Waals surface area contributed by atoms with Crippen LogP contribution in [0.5, 0.6) is 0 Å². The average Bonchev–Trinajstić information content (AvgIpc) is 2.63. The van der Waals surface area contributed by atoms with Crippen molar-refractivity contribution in [2.45, 2.75) is 6.54 Å². The average molecular weight is 379 g/mol. The van der Waals surface area contributed by atoms with E-state index in [-0.39, 0.29) is 0 Å². The first kappa shape index (κ1) is 16.5. The van der Waals surface area contributed by atoms with Crippen molar-refractivity contribution in [3.05, 3.63) is 101 Å². The van der Waals surface area contributed by atoms with Crippen molar-refractivity contribution in [3.63, 3.8) is 0 Å². The highest BCUT2D eigenvalue weighted by Crippen LogP contribution is 2.26. The number of pyridine rings is 1. The third-order valence-electron chi connectivity index (χ3n) is 3.82. The van der Waals surface area contributed by atoms with E-state index < -0.39 is 0 Å². The molecule has 0 spiro atoms. The van der Waals surface area contributed by atoms with E-state index in [1.54, 1.807) is 0 Å². The molecule has 0 saturated carbocycles. The molecule has 3 rings (SSSR count). The van der Waals surface area contributed by atoms with Gasteiger partial charge in [0, 0.05) is 19.3 Å². The lowest BCUT2D eigenvalue weighted by Crippen LogP contribution is -2.26. The van der Waals surface area contributed by atoms with Gasteiger partial charge in [0.2, 0.25) is 0 Å². The van der Waals surface area contributed by atoms with E-state index in [9.17, 15) is 0 Å². The van der Waals surface area contributed by atoms with Gasteiger partial charge < -0.3 is 4.90 Å². The fraction of sp³-hybridized carbons (Fsp3) is 0.0952. The van der Waals surface area contributed by atoms with Gasteiger partial charge >= 0.3 is 0 Å². The zero-order valence-corrected chi connectivity index (χ0v) is 15.0. The van der Waals surface area contributed by atoms with Crippen LogP contribution in [0.4, 0.5) is 5.82 Å². The van der Waals surface area contributed by atoms with Crippen LogP contribution in [0.15, 0.2) is 90.0 Å². The minimum absolute atomic E-state index is 0.717. The molecule has 0 unspecified atom stereocenters. The number of halogens is 1. The number of hydrogen-bond acceptors (Lipinski definition) is 2. The summed E-state index contributed by atoms with van der Waals surface area (Å²) in [5.74, 6) is 0.929. The summed E-state index contributed by atoms with van der Waals surface area (Å²) in [5, 5.41) is 0. The molecule has 3 heteroatoms. The fourth-order valence-electron chi connectivity index (χ4n) is 2.62. The molecular formula is C21H19BrN2. The van der Waals surface area contributed by atoms with Crippen molar-refractivity contribution in [1.82, 2.24) is 4.98 Å². The predicted octanol–water partition coefficient (Wildman–Crippen LogP) is 5.56. The quantitative estimate of drug-likeness (QED) is 0.557. The second-order valence-corrected chi connectivity index (χ2v) is 6.47. The van der Waals surface area contributed by atoms with E-state index in [1.807, 2.05) is 42.6 Å². The van der Waals surface area contributed by atoms with E-state index in [4.69, 9.17) is 0 Å². The lowest BCUT2D eigenvalue weighted by Gasteiger charge is -2.26. The topological polar surface area (TPSA) is 16.1 Å². The summed E-state index contributed by atoms with van der Waals surface area (Å²) < 4.78 is 0.988. The zero-order chi connectivity index (χ0) is 16.8. The Bertz CT molecular complexity index is 800. The first-order valence-electron chi connectivity index (χ1n) is 7.86. The van der Waals surface area contributed by atoms with E-state index >= 15 is 0 Å². The summed E-state index contributed by atoms with van der Waals surface area (Å²) >= 11 is 3.62. The first-order chi connectivity index (χ1) is 11.7. The number of benzene rings is 2. The van der Waals surface area contributed by atoms with Crippen molar-refractivity contribution in [1.29, 1.82) is 0 Å². The molecular weight excluding hydrogens is 360 g/mol. The van der Waals surface area contributed by atoms with E-state index in [0.29, 0.717) is 6.54 Å². The molecule has 120 valence electrons. The Hall–Kier alpha value is -2.39. The molecule has 0 N–H and O–H groups in total. The Balaban J connectivity index is 1.87. The number of rotatable bonds is 6. The fourth-order valence-corrected chi connectivity index (χ4v) is 3.12. The largest absolute Gasteiger partial charge is 0.347 e. The summed E-state index contributed by atoms with van der Waals surface area (Å²) in [6.45, 7) is 5.77. The van der Waals surface area contributed by atoms with Gasteiger partial charge in [0.05, 0.1) is 4.47 Å². The van der Waals surface area contributed by atoms with Gasteiger partial charge in [0.1, 0.15) is 5.82 Å². The molecule has 0 aliphatic heterocycles. The van der Waals surface area contributed by atoms with Crippen LogP contribution >= 0.6 is 15.9 Å². The Kier molecular flexibility index (Phi) is 5.44. The van der Waals surface area contributed by atoms with Crippen LogP contribution < -0.4 is 4.90 Å². The van der Waals surface area contributed by atoms with Gasteiger partial charge in [-0.2, -0.15) is 0 Å². The van der Waals surface area contributed by atoms with Gasteiger partial charge in [-0.1, -0.05) is 67.2 Å². The van der Waals surface area contributed by atoms with Gasteiger partial charge in [0.25, 0.3) is 0 Å². The second kappa shape index (κ2) is 7.93. The maximum Gasteiger partial charge on any atom is 0.143 e. The Morgan fingerprint density at radius 3 is 2.25 bits per heavy atom. The minimum atomic E-state index is 0.717. The smallest absolute Gasteiger partial charge is 0.143 e. The van der Waals surface area contributed by atoms with E-state index in [2.05, 4.69) is 68.8 Å². The lowest BCUT2D eigenvalue weighted by atomic mass is 10.1. The molecule has 2 aromatic carbocycles. The molecule has 0 radical (unpaired) electrons. The van der Waals surface area contributed by atoms with Crippen molar-refractivity contribution >= 4 is 27.3 Å². The Labute approximate surface area is 151 Å². The molecule has 2 nitrogen and oxygen atoms in total. The second-order valence-electron chi connectivity index (χ2n) is 5.62. The normalized spacial score (nSPS) is 10.4. The summed E-state index contributed by atoms with van der Waals surface area (Å²) in [6, 6.07) is 24.7. The summed E-state index contributed by atoms with van der Waals surface area (Å²) in [4.78, 5) is 6.80. The number of nitrogens with zero attached hydrogens (tertiary/aromatic N) is 2. The summed E-state index contributed by atoms with van der Waals surface area (Å²) in [6.07, 6.45) is 1.82. The van der Waals surface area contributed by atoms with Crippen LogP contribution in [0, 0.1) is 0 Å². The minimum Gasteiger partial charge on any atom is -0.347 e. The monoisotopic (exact) mass is 378 g/mol. The standard InChI is InChI=1S/C21H19BrN2/c1-17(19-11-6-3-7-12-19)15-24(16-18-9-4-2-5-10-18)21-20(22)13-8-14-23-21/h2-14H,1,15-16H2.